The summed E-state index contributed by atoms with van der Waals surface area (Å²) in [7, 11) is 1.85. The van der Waals surface area contributed by atoms with Crippen molar-refractivity contribution in [2.24, 2.45) is 0 Å². The summed E-state index contributed by atoms with van der Waals surface area (Å²) in [4.78, 5) is 29.8. The van der Waals surface area contributed by atoms with Gasteiger partial charge in [-0.3, -0.25) is 9.59 Å². The van der Waals surface area contributed by atoms with Crippen molar-refractivity contribution < 1.29 is 19.1 Å². The third kappa shape index (κ3) is 7.27. The van der Waals surface area contributed by atoms with Crippen LogP contribution < -0.4 is 14.8 Å². The Morgan fingerprint density at radius 3 is 2.31 bits per heavy atom. The molecule has 0 radical (unpaired) electrons. The van der Waals surface area contributed by atoms with Crippen molar-refractivity contribution in [3.8, 4) is 11.5 Å². The average Bonchev–Trinajstić information content (AvgIpc) is 3.00. The van der Waals surface area contributed by atoms with E-state index in [9.17, 15) is 9.59 Å². The van der Waals surface area contributed by atoms with Crippen molar-refractivity contribution in [3.05, 3.63) is 99.5 Å². The SMILES string of the molecule is CC(=O)N1CC2CC(c3ccc(OCCOc4ccc(Cl)c(Cl)c4)cc3)=C(C(=O)N(C)CCc3ccccc3)C(C1)N2. The molecule has 0 aromatic heterocycles. The molecule has 2 aliphatic heterocycles. The van der Waals surface area contributed by atoms with E-state index < -0.39 is 0 Å². The van der Waals surface area contributed by atoms with Gasteiger partial charge in [0.15, 0.2) is 0 Å². The molecule has 220 valence electrons. The fourth-order valence-electron chi connectivity index (χ4n) is 5.51. The maximum Gasteiger partial charge on any atom is 0.251 e. The molecule has 3 aromatic carbocycles. The third-order valence-electron chi connectivity index (χ3n) is 7.72. The molecule has 3 aromatic rings. The van der Waals surface area contributed by atoms with Gasteiger partial charge in [0.1, 0.15) is 24.7 Å². The van der Waals surface area contributed by atoms with E-state index in [1.807, 2.05) is 54.4 Å². The fourth-order valence-corrected chi connectivity index (χ4v) is 5.80. The van der Waals surface area contributed by atoms with Gasteiger partial charge in [0, 0.05) is 51.3 Å². The summed E-state index contributed by atoms with van der Waals surface area (Å²) >= 11 is 12.0. The van der Waals surface area contributed by atoms with Gasteiger partial charge >= 0.3 is 0 Å². The second-order valence-electron chi connectivity index (χ2n) is 10.7. The van der Waals surface area contributed by atoms with Crippen LogP contribution >= 0.6 is 23.2 Å². The van der Waals surface area contributed by atoms with Gasteiger partial charge < -0.3 is 24.6 Å². The highest BCUT2D eigenvalue weighted by Gasteiger charge is 2.39. The van der Waals surface area contributed by atoms with Crippen LogP contribution in [0.15, 0.2) is 78.4 Å². The number of nitrogens with zero attached hydrogens (tertiary/aromatic N) is 2. The summed E-state index contributed by atoms with van der Waals surface area (Å²) in [5.74, 6) is 1.36. The van der Waals surface area contributed by atoms with Crippen LogP contribution in [0.1, 0.15) is 24.5 Å². The molecular formula is C33H35Cl2N3O4. The van der Waals surface area contributed by atoms with Crippen molar-refractivity contribution in [3.63, 3.8) is 0 Å². The zero-order valence-electron chi connectivity index (χ0n) is 23.8. The number of nitrogens with one attached hydrogen (secondary N) is 1. The highest BCUT2D eigenvalue weighted by molar-refractivity contribution is 6.42. The lowest BCUT2D eigenvalue weighted by Gasteiger charge is -2.44. The Labute approximate surface area is 257 Å². The smallest absolute Gasteiger partial charge is 0.251 e. The van der Waals surface area contributed by atoms with E-state index in [0.29, 0.717) is 60.8 Å². The number of halogens is 2. The number of amides is 2. The molecule has 5 rings (SSSR count). The summed E-state index contributed by atoms with van der Waals surface area (Å²) in [5.41, 5.74) is 3.93. The van der Waals surface area contributed by atoms with Crippen LogP contribution in [0.3, 0.4) is 0 Å². The van der Waals surface area contributed by atoms with Crippen LogP contribution in [0.5, 0.6) is 11.5 Å². The van der Waals surface area contributed by atoms with Gasteiger partial charge in [-0.15, -0.1) is 0 Å². The lowest BCUT2D eigenvalue weighted by Crippen LogP contribution is -2.61. The zero-order chi connectivity index (χ0) is 29.6. The van der Waals surface area contributed by atoms with E-state index in [1.165, 1.54) is 5.56 Å². The minimum Gasteiger partial charge on any atom is -0.490 e. The first kappa shape index (κ1) is 30.0. The highest BCUT2D eigenvalue weighted by atomic mass is 35.5. The number of rotatable bonds is 10. The molecule has 1 N–H and O–H groups in total. The Balaban J connectivity index is 1.29. The summed E-state index contributed by atoms with van der Waals surface area (Å²) in [5, 5.41) is 4.53. The van der Waals surface area contributed by atoms with Gasteiger partial charge in [0.2, 0.25) is 5.91 Å². The summed E-state index contributed by atoms with van der Waals surface area (Å²) in [6, 6.07) is 23.0. The molecule has 0 spiro atoms. The van der Waals surface area contributed by atoms with Crippen LogP contribution in [0.25, 0.3) is 5.57 Å². The van der Waals surface area contributed by atoms with E-state index in [4.69, 9.17) is 32.7 Å². The number of ether oxygens (including phenoxy) is 2. The molecule has 0 aliphatic carbocycles. The predicted molar refractivity (Wildman–Crippen MR) is 166 cm³/mol. The van der Waals surface area contributed by atoms with E-state index in [-0.39, 0.29) is 23.9 Å². The summed E-state index contributed by atoms with van der Waals surface area (Å²) in [6.07, 6.45) is 1.43. The van der Waals surface area contributed by atoms with Crippen LogP contribution in [-0.2, 0) is 16.0 Å². The van der Waals surface area contributed by atoms with Gasteiger partial charge in [-0.1, -0.05) is 65.7 Å². The average molecular weight is 609 g/mol. The standard InChI is InChI=1S/C33H35Cl2N3O4/c1-22(39)38-20-25-18-28(32(31(21-38)36-25)33(40)37(2)15-14-23-6-4-3-5-7-23)24-8-10-26(11-9-24)41-16-17-42-27-12-13-29(34)30(35)19-27/h3-13,19,25,31,36H,14-18,20-21H2,1-2H3. The van der Waals surface area contributed by atoms with E-state index in [1.54, 1.807) is 30.0 Å². The predicted octanol–water partition coefficient (Wildman–Crippen LogP) is 5.50. The van der Waals surface area contributed by atoms with E-state index >= 15 is 0 Å². The highest BCUT2D eigenvalue weighted by Crippen LogP contribution is 2.35. The Morgan fingerprint density at radius 1 is 0.929 bits per heavy atom. The number of hydrogen-bond acceptors (Lipinski definition) is 5. The zero-order valence-corrected chi connectivity index (χ0v) is 25.3. The molecule has 2 amide bonds. The first-order valence-electron chi connectivity index (χ1n) is 14.1. The Morgan fingerprint density at radius 2 is 1.62 bits per heavy atom. The summed E-state index contributed by atoms with van der Waals surface area (Å²) in [6.45, 7) is 3.99. The number of carbonyl (C=O) groups excluding carboxylic acids is 2. The van der Waals surface area contributed by atoms with Crippen LogP contribution in [0, 0.1) is 0 Å². The lowest BCUT2D eigenvalue weighted by molar-refractivity contribution is -0.132. The van der Waals surface area contributed by atoms with Gasteiger partial charge in [-0.05, 0) is 53.8 Å². The number of piperazine rings is 1. The van der Waals surface area contributed by atoms with Gasteiger partial charge in [-0.25, -0.2) is 0 Å². The Kier molecular flexibility index (Phi) is 9.73. The summed E-state index contributed by atoms with van der Waals surface area (Å²) < 4.78 is 11.6. The van der Waals surface area contributed by atoms with Gasteiger partial charge in [0.25, 0.3) is 5.91 Å². The quantitative estimate of drug-likeness (QED) is 0.308. The number of carbonyl (C=O) groups is 2. The van der Waals surface area contributed by atoms with Crippen molar-refractivity contribution in [2.75, 3.05) is 39.9 Å². The molecule has 7 nitrogen and oxygen atoms in total. The van der Waals surface area contributed by atoms with Crippen molar-refractivity contribution in [1.82, 2.24) is 15.1 Å². The molecule has 2 atom stereocenters. The second-order valence-corrected chi connectivity index (χ2v) is 11.5. The molecule has 42 heavy (non-hydrogen) atoms. The third-order valence-corrected chi connectivity index (χ3v) is 8.46. The molecule has 2 unspecified atom stereocenters. The van der Waals surface area contributed by atoms with Gasteiger partial charge in [-0.2, -0.15) is 0 Å². The molecule has 1 saturated heterocycles. The maximum absolute atomic E-state index is 13.9. The lowest BCUT2D eigenvalue weighted by atomic mass is 9.83. The molecular weight excluding hydrogens is 573 g/mol. The van der Waals surface area contributed by atoms with Gasteiger partial charge in [0.05, 0.1) is 16.1 Å². The monoisotopic (exact) mass is 607 g/mol. The first-order chi connectivity index (χ1) is 20.3. The van der Waals surface area contributed by atoms with Crippen LogP contribution in [0.4, 0.5) is 0 Å². The van der Waals surface area contributed by atoms with Crippen LogP contribution in [-0.4, -0.2) is 73.6 Å². The molecule has 0 saturated carbocycles. The minimum atomic E-state index is -0.225. The van der Waals surface area contributed by atoms with E-state index in [2.05, 4.69) is 17.4 Å². The topological polar surface area (TPSA) is 71.1 Å². The first-order valence-corrected chi connectivity index (χ1v) is 14.9. The fraction of sp³-hybridized carbons (Fsp3) is 0.333. The van der Waals surface area contributed by atoms with Crippen LogP contribution in [0.2, 0.25) is 10.0 Å². The van der Waals surface area contributed by atoms with Crippen molar-refractivity contribution >= 4 is 40.6 Å². The molecule has 2 heterocycles. The molecule has 9 heteroatoms. The van der Waals surface area contributed by atoms with E-state index in [0.717, 1.165) is 23.1 Å². The Bertz CT molecular complexity index is 1450. The van der Waals surface area contributed by atoms with Crippen molar-refractivity contribution in [1.29, 1.82) is 0 Å². The number of benzene rings is 3. The molecule has 2 bridgehead atoms. The Hall–Kier alpha value is -3.52. The number of hydrogen-bond donors (Lipinski definition) is 1. The molecule has 2 aliphatic rings. The molecule has 1 fully saturated rings. The largest absolute Gasteiger partial charge is 0.490 e. The minimum absolute atomic E-state index is 0.0120. The maximum atomic E-state index is 13.9. The second kappa shape index (κ2) is 13.6. The normalized spacial score (nSPS) is 18.0. The number of fused-ring (bicyclic) bond motifs is 2. The number of likely N-dealkylation sites (N-methyl/N-ethyl adjacent to an activating group) is 1. The van der Waals surface area contributed by atoms with Crippen molar-refractivity contribution in [2.45, 2.75) is 31.8 Å².